The van der Waals surface area contributed by atoms with Gasteiger partial charge in [0.1, 0.15) is 11.3 Å². The number of ether oxygens (including phenoxy) is 2. The summed E-state index contributed by atoms with van der Waals surface area (Å²) in [5.74, 6) is -0.855. The Morgan fingerprint density at radius 1 is 1.27 bits per heavy atom. The van der Waals surface area contributed by atoms with Gasteiger partial charge < -0.3 is 14.5 Å². The van der Waals surface area contributed by atoms with Gasteiger partial charge in [-0.15, -0.1) is 16.4 Å². The third-order valence-corrected chi connectivity index (χ3v) is 8.81. The van der Waals surface area contributed by atoms with E-state index >= 15 is 0 Å². The lowest BCUT2D eigenvalue weighted by atomic mass is 9.85. The van der Waals surface area contributed by atoms with Crippen molar-refractivity contribution in [2.45, 2.75) is 51.6 Å². The first-order chi connectivity index (χ1) is 21.0. The molecule has 44 heavy (non-hydrogen) atoms. The zero-order valence-electron chi connectivity index (χ0n) is 24.1. The van der Waals surface area contributed by atoms with E-state index in [2.05, 4.69) is 20.3 Å². The molecule has 5 heterocycles. The van der Waals surface area contributed by atoms with Gasteiger partial charge in [-0.1, -0.05) is 11.3 Å². The number of aromatic amines is 1. The van der Waals surface area contributed by atoms with Gasteiger partial charge in [0.2, 0.25) is 11.7 Å². The molecule has 14 heteroatoms. The number of thiophene rings is 1. The number of esters is 1. The van der Waals surface area contributed by atoms with Crippen molar-refractivity contribution in [3.63, 3.8) is 0 Å². The number of fused-ring (bicyclic) bond motifs is 3. The zero-order chi connectivity index (χ0) is 31.2. The van der Waals surface area contributed by atoms with Crippen molar-refractivity contribution in [3.05, 3.63) is 80.2 Å². The molecule has 0 unspecified atom stereocenters. The van der Waals surface area contributed by atoms with E-state index in [1.54, 1.807) is 29.7 Å². The number of hydrogen-bond donors (Lipinski definition) is 1. The monoisotopic (exact) mass is 626 g/mol. The number of hydrogen-bond acceptors (Lipinski definition) is 9. The predicted molar refractivity (Wildman–Crippen MR) is 158 cm³/mol. The minimum atomic E-state index is -4.62. The average molecular weight is 627 g/mol. The molecule has 0 amide bonds. The average Bonchev–Trinajstić information content (AvgIpc) is 3.55. The van der Waals surface area contributed by atoms with Crippen molar-refractivity contribution in [2.24, 2.45) is 7.05 Å². The smallest absolute Gasteiger partial charge is 0.426 e. The van der Waals surface area contributed by atoms with E-state index in [4.69, 9.17) is 9.47 Å². The molecule has 0 saturated heterocycles. The third kappa shape index (κ3) is 5.78. The summed E-state index contributed by atoms with van der Waals surface area (Å²) in [4.78, 5) is 33.7. The van der Waals surface area contributed by atoms with Crippen LogP contribution in [0.3, 0.4) is 0 Å². The Balaban J connectivity index is 1.43. The lowest BCUT2D eigenvalue weighted by Crippen LogP contribution is -2.42. The Hall–Kier alpha value is -4.30. The van der Waals surface area contributed by atoms with Crippen molar-refractivity contribution < 1.29 is 27.4 Å². The fraction of sp³-hybridized carbons (Fsp3) is 0.367. The van der Waals surface area contributed by atoms with Gasteiger partial charge in [-0.2, -0.15) is 13.2 Å². The Bertz CT molecular complexity index is 1920. The first-order valence-corrected chi connectivity index (χ1v) is 14.9. The number of rotatable bonds is 7. The van der Waals surface area contributed by atoms with Crippen LogP contribution in [0.4, 0.5) is 13.2 Å². The van der Waals surface area contributed by atoms with E-state index < -0.39 is 30.3 Å². The zero-order valence-corrected chi connectivity index (χ0v) is 25.0. The fourth-order valence-electron chi connectivity index (χ4n) is 5.73. The Morgan fingerprint density at radius 3 is 2.86 bits per heavy atom. The van der Waals surface area contributed by atoms with Crippen LogP contribution in [0, 0.1) is 6.92 Å². The summed E-state index contributed by atoms with van der Waals surface area (Å²) in [5, 5.41) is 11.2. The van der Waals surface area contributed by atoms with Gasteiger partial charge in [0.05, 0.1) is 18.7 Å². The van der Waals surface area contributed by atoms with Crippen molar-refractivity contribution in [1.29, 1.82) is 0 Å². The van der Waals surface area contributed by atoms with E-state index in [1.165, 1.54) is 17.4 Å². The van der Waals surface area contributed by atoms with E-state index in [9.17, 15) is 22.8 Å². The first kappa shape index (κ1) is 29.8. The summed E-state index contributed by atoms with van der Waals surface area (Å²) in [5.41, 5.74) is 4.26. The quantitative estimate of drug-likeness (QED) is 0.252. The minimum Gasteiger partial charge on any atom is -0.478 e. The molecule has 0 saturated carbocycles. The molecule has 0 fully saturated rings. The molecular weight excluding hydrogens is 597 g/mol. The van der Waals surface area contributed by atoms with Crippen LogP contribution in [0.25, 0.3) is 21.3 Å². The molecule has 1 N–H and O–H groups in total. The summed E-state index contributed by atoms with van der Waals surface area (Å²) in [6, 6.07) is 8.31. The van der Waals surface area contributed by atoms with Crippen LogP contribution >= 0.6 is 11.3 Å². The number of halogens is 3. The molecule has 5 aromatic rings. The van der Waals surface area contributed by atoms with Gasteiger partial charge in [-0.3, -0.25) is 14.5 Å². The number of carbonyl (C=O) groups excluding carboxylic acids is 1. The molecule has 0 aliphatic carbocycles. The third-order valence-electron chi connectivity index (χ3n) is 7.81. The van der Waals surface area contributed by atoms with E-state index in [-0.39, 0.29) is 43.5 Å². The summed E-state index contributed by atoms with van der Waals surface area (Å²) < 4.78 is 55.2. The summed E-state index contributed by atoms with van der Waals surface area (Å²) in [6.07, 6.45) is -4.96. The number of benzene rings is 1. The second kappa shape index (κ2) is 11.7. The number of nitrogens with zero attached hydrogens (tertiary/aromatic N) is 5. The number of aromatic nitrogens is 5. The molecule has 1 aromatic carbocycles. The molecule has 2 atom stereocenters. The lowest BCUT2D eigenvalue weighted by Gasteiger charge is -2.26. The second-order valence-electron chi connectivity index (χ2n) is 10.8. The number of pyridine rings is 2. The highest BCUT2D eigenvalue weighted by Gasteiger charge is 2.44. The van der Waals surface area contributed by atoms with Crippen LogP contribution in [0.1, 0.15) is 47.2 Å². The van der Waals surface area contributed by atoms with Gasteiger partial charge in [0, 0.05) is 49.6 Å². The maximum atomic E-state index is 14.0. The van der Waals surface area contributed by atoms with Crippen LogP contribution in [0.15, 0.2) is 46.7 Å². The van der Waals surface area contributed by atoms with Gasteiger partial charge in [-0.05, 0) is 65.1 Å². The van der Waals surface area contributed by atoms with E-state index in [1.807, 2.05) is 30.5 Å². The van der Waals surface area contributed by atoms with Crippen LogP contribution in [-0.2, 0) is 29.7 Å². The molecule has 1 aliphatic heterocycles. The normalized spacial score (nSPS) is 16.5. The maximum absolute atomic E-state index is 14.0. The van der Waals surface area contributed by atoms with Crippen LogP contribution < -0.4 is 10.3 Å². The number of nitrogens with one attached hydrogen (secondary N) is 1. The maximum Gasteiger partial charge on any atom is 0.426 e. The van der Waals surface area contributed by atoms with Crippen molar-refractivity contribution in [3.8, 4) is 5.75 Å². The molecule has 4 aromatic heterocycles. The Labute approximate surface area is 253 Å². The summed E-state index contributed by atoms with van der Waals surface area (Å²) >= 11 is 1.49. The van der Waals surface area contributed by atoms with E-state index in [0.29, 0.717) is 11.2 Å². The molecule has 10 nitrogen and oxygen atoms in total. The van der Waals surface area contributed by atoms with Crippen LogP contribution in [0.5, 0.6) is 5.75 Å². The second-order valence-corrected chi connectivity index (χ2v) is 11.7. The lowest BCUT2D eigenvalue weighted by molar-refractivity contribution is -0.198. The molecule has 0 radical (unpaired) electrons. The summed E-state index contributed by atoms with van der Waals surface area (Å²) in [6.45, 7) is 3.63. The Kier molecular flexibility index (Phi) is 7.88. The summed E-state index contributed by atoms with van der Waals surface area (Å²) in [7, 11) is 1.75. The molecule has 0 spiro atoms. The predicted octanol–water partition coefficient (Wildman–Crippen LogP) is 4.99. The first-order valence-electron chi connectivity index (χ1n) is 14.0. The van der Waals surface area contributed by atoms with Gasteiger partial charge >= 0.3 is 12.1 Å². The number of carbonyl (C=O) groups is 1. The van der Waals surface area contributed by atoms with Crippen molar-refractivity contribution in [1.82, 2.24) is 29.9 Å². The van der Waals surface area contributed by atoms with Gasteiger partial charge in [0.25, 0.3) is 0 Å². The largest absolute Gasteiger partial charge is 0.478 e. The fourth-order valence-corrected chi connectivity index (χ4v) is 6.61. The standard InChI is InChI=1S/C30H29F3N6O4S/c1-4-42-26(41)11-20(21-12-34-29-27(16(21)2)36-37-38(29)3)18-9-17-7-8-44-28(17)19(10-18)13-39-14-22-23(5-6-25(40)35-22)43-24(15-39)30(31,32)33/h5-10,12,20,24H,4,11,13-15H2,1-3H3,(H,35,40)/t20-,24+/m1/s1. The Morgan fingerprint density at radius 2 is 2.09 bits per heavy atom. The molecule has 230 valence electrons. The topological polar surface area (TPSA) is 115 Å². The highest BCUT2D eigenvalue weighted by atomic mass is 32.1. The SMILES string of the molecule is CCOC(=O)C[C@H](c1cc(CN2Cc3[nH]c(=O)ccc3O[C@H](C(F)(F)F)C2)c2sccc2c1)c1cnc2c(nnn2C)c1C. The van der Waals surface area contributed by atoms with E-state index in [0.717, 1.165) is 38.4 Å². The number of H-pyrrole nitrogens is 1. The minimum absolute atomic E-state index is 0.00123. The molecule has 0 bridgehead atoms. The van der Waals surface area contributed by atoms with Crippen molar-refractivity contribution >= 4 is 38.6 Å². The highest BCUT2D eigenvalue weighted by molar-refractivity contribution is 7.17. The van der Waals surface area contributed by atoms with Gasteiger partial charge in [-0.25, -0.2) is 9.67 Å². The molecule has 1 aliphatic rings. The van der Waals surface area contributed by atoms with Crippen molar-refractivity contribution in [2.75, 3.05) is 13.2 Å². The number of alkyl halides is 3. The number of aryl methyl sites for hydroxylation is 2. The molecular formula is C30H29F3N6O4S. The van der Waals surface area contributed by atoms with Crippen LogP contribution in [0.2, 0.25) is 0 Å². The van der Waals surface area contributed by atoms with Crippen LogP contribution in [-0.4, -0.2) is 61.3 Å². The molecule has 6 rings (SSSR count). The highest BCUT2D eigenvalue weighted by Crippen LogP contribution is 2.38. The van der Waals surface area contributed by atoms with Gasteiger partial charge in [0.15, 0.2) is 5.65 Å².